The molecule has 1 heterocycles. The molecule has 1 aromatic heterocycles. The highest BCUT2D eigenvalue weighted by molar-refractivity contribution is 5.96. The van der Waals surface area contributed by atoms with Gasteiger partial charge in [0.25, 0.3) is 5.56 Å². The first-order chi connectivity index (χ1) is 11.7. The molecule has 0 aliphatic rings. The molecule has 0 spiro atoms. The number of H-pyrrole nitrogens is 1. The lowest BCUT2D eigenvalue weighted by atomic mass is 10.2. The fourth-order valence-corrected chi connectivity index (χ4v) is 2.28. The first-order valence-corrected chi connectivity index (χ1v) is 7.82. The van der Waals surface area contributed by atoms with E-state index in [9.17, 15) is 19.2 Å². The van der Waals surface area contributed by atoms with Crippen molar-refractivity contribution in [3.05, 3.63) is 20.8 Å². The van der Waals surface area contributed by atoms with E-state index >= 15 is 0 Å². The van der Waals surface area contributed by atoms with Gasteiger partial charge in [-0.3, -0.25) is 23.9 Å². The molecule has 1 rings (SSSR count). The van der Waals surface area contributed by atoms with Gasteiger partial charge < -0.3 is 20.5 Å². The Hall–Kier alpha value is -2.62. The number of hydrogen-bond donors (Lipinski definition) is 3. The number of ether oxygens (including phenoxy) is 1. The smallest absolute Gasteiger partial charge is 0.330 e. The van der Waals surface area contributed by atoms with E-state index in [-0.39, 0.29) is 50.0 Å². The zero-order chi connectivity index (χ0) is 19.1. The highest BCUT2D eigenvalue weighted by atomic mass is 16.5. The number of nitrogens with one attached hydrogen (secondary N) is 1. The van der Waals surface area contributed by atoms with Crippen LogP contribution in [0.15, 0.2) is 9.59 Å². The largest absolute Gasteiger partial charge is 0.481 e. The monoisotopic (exact) mass is 356 g/mol. The fraction of sp³-hybridized carbons (Fsp3) is 0.600. The number of nitrogens with zero attached hydrogens (tertiary/aromatic N) is 2. The van der Waals surface area contributed by atoms with Crippen LogP contribution in [-0.4, -0.2) is 46.8 Å². The number of anilines is 2. The molecule has 25 heavy (non-hydrogen) atoms. The molecule has 0 atom stereocenters. The van der Waals surface area contributed by atoms with Gasteiger partial charge in [0, 0.05) is 26.6 Å². The van der Waals surface area contributed by atoms with E-state index in [0.717, 1.165) is 4.90 Å². The van der Waals surface area contributed by atoms with Gasteiger partial charge in [-0.05, 0) is 5.92 Å². The maximum atomic E-state index is 12.4. The van der Waals surface area contributed by atoms with Gasteiger partial charge in [-0.2, -0.15) is 0 Å². The van der Waals surface area contributed by atoms with Gasteiger partial charge in [0.05, 0.1) is 13.0 Å². The predicted molar refractivity (Wildman–Crippen MR) is 91.7 cm³/mol. The summed E-state index contributed by atoms with van der Waals surface area (Å²) in [6.45, 7) is 4.12. The van der Waals surface area contributed by atoms with Crippen LogP contribution in [0.1, 0.15) is 26.7 Å². The number of nitrogen functional groups attached to an aromatic ring is 1. The number of hydrogen-bond acceptors (Lipinski definition) is 6. The number of carboxylic acid groups (broad SMARTS) is 1. The highest BCUT2D eigenvalue weighted by Gasteiger charge is 2.24. The molecule has 10 heteroatoms. The summed E-state index contributed by atoms with van der Waals surface area (Å²) in [6, 6.07) is 0. The lowest BCUT2D eigenvalue weighted by Gasteiger charge is -2.24. The summed E-state index contributed by atoms with van der Waals surface area (Å²) in [5.74, 6) is -1.78. The summed E-state index contributed by atoms with van der Waals surface area (Å²) < 4.78 is 6.12. The summed E-state index contributed by atoms with van der Waals surface area (Å²) in [5.41, 5.74) is 4.35. The van der Waals surface area contributed by atoms with Gasteiger partial charge in [-0.1, -0.05) is 13.8 Å². The van der Waals surface area contributed by atoms with Crippen LogP contribution in [0, 0.1) is 5.92 Å². The minimum absolute atomic E-state index is 0.00210. The normalized spacial score (nSPS) is 10.9. The van der Waals surface area contributed by atoms with Crippen LogP contribution in [0.25, 0.3) is 0 Å². The molecule has 1 amide bonds. The van der Waals surface area contributed by atoms with Gasteiger partial charge in [-0.25, -0.2) is 4.79 Å². The summed E-state index contributed by atoms with van der Waals surface area (Å²) in [6.07, 6.45) is -0.688. The molecule has 10 nitrogen and oxygen atoms in total. The Labute approximate surface area is 144 Å². The van der Waals surface area contributed by atoms with Crippen LogP contribution in [0.2, 0.25) is 0 Å². The second-order valence-electron chi connectivity index (χ2n) is 5.93. The standard InChI is InChI=1S/C15H24N4O6/c1-9(2)8-19-13(16)12(14(23)17-15(19)24)18(6-7-25-3)10(20)4-5-11(21)22/h9H,4-8,16H2,1-3H3,(H,21,22)(H,17,23,24). The van der Waals surface area contributed by atoms with Gasteiger partial charge in [0.1, 0.15) is 5.82 Å². The zero-order valence-electron chi connectivity index (χ0n) is 14.6. The maximum Gasteiger partial charge on any atom is 0.330 e. The van der Waals surface area contributed by atoms with Gasteiger partial charge in [-0.15, -0.1) is 0 Å². The zero-order valence-corrected chi connectivity index (χ0v) is 14.6. The summed E-state index contributed by atoms with van der Waals surface area (Å²) in [7, 11) is 1.42. The third-order valence-electron chi connectivity index (χ3n) is 3.40. The number of rotatable bonds is 9. The molecule has 0 bridgehead atoms. The minimum atomic E-state index is -1.13. The first kappa shape index (κ1) is 20.4. The summed E-state index contributed by atoms with van der Waals surface area (Å²) in [4.78, 5) is 50.5. The second kappa shape index (κ2) is 9.02. The Morgan fingerprint density at radius 1 is 1.32 bits per heavy atom. The Morgan fingerprint density at radius 2 is 1.96 bits per heavy atom. The maximum absolute atomic E-state index is 12.4. The Morgan fingerprint density at radius 3 is 2.48 bits per heavy atom. The number of aliphatic carboxylic acids is 1. The SMILES string of the molecule is COCCN(C(=O)CCC(=O)O)c1c(N)n(CC(C)C)c(=O)[nH]c1=O. The van der Waals surface area contributed by atoms with E-state index in [1.165, 1.54) is 11.7 Å². The number of aromatic amines is 1. The van der Waals surface area contributed by atoms with Gasteiger partial charge in [0.15, 0.2) is 5.69 Å². The number of amides is 1. The molecule has 0 aliphatic heterocycles. The van der Waals surface area contributed by atoms with E-state index in [0.29, 0.717) is 0 Å². The Bertz CT molecular complexity index is 737. The van der Waals surface area contributed by atoms with Crippen molar-refractivity contribution >= 4 is 23.4 Å². The van der Waals surface area contributed by atoms with Crippen LogP contribution in [0.4, 0.5) is 11.5 Å². The number of methoxy groups -OCH3 is 1. The van der Waals surface area contributed by atoms with Crippen molar-refractivity contribution in [2.24, 2.45) is 5.92 Å². The van der Waals surface area contributed by atoms with Crippen LogP contribution < -0.4 is 21.9 Å². The Kier molecular flexibility index (Phi) is 7.37. The van der Waals surface area contributed by atoms with Crippen LogP contribution in [-0.2, 0) is 20.9 Å². The molecule has 0 aromatic carbocycles. The van der Waals surface area contributed by atoms with E-state index in [1.54, 1.807) is 0 Å². The van der Waals surface area contributed by atoms with Crippen LogP contribution in [0.5, 0.6) is 0 Å². The number of carbonyl (C=O) groups is 2. The summed E-state index contributed by atoms with van der Waals surface area (Å²) in [5, 5.41) is 8.75. The summed E-state index contributed by atoms with van der Waals surface area (Å²) >= 11 is 0. The highest BCUT2D eigenvalue weighted by Crippen LogP contribution is 2.18. The Balaban J connectivity index is 3.37. The molecule has 0 fully saturated rings. The van der Waals surface area contributed by atoms with Crippen molar-refractivity contribution < 1.29 is 19.4 Å². The van der Waals surface area contributed by atoms with Crippen molar-refractivity contribution in [2.75, 3.05) is 30.9 Å². The van der Waals surface area contributed by atoms with E-state index < -0.39 is 23.1 Å². The van der Waals surface area contributed by atoms with Crippen molar-refractivity contribution in [1.82, 2.24) is 9.55 Å². The third kappa shape index (κ3) is 5.45. The lowest BCUT2D eigenvalue weighted by molar-refractivity contribution is -0.138. The topological polar surface area (TPSA) is 148 Å². The van der Waals surface area contributed by atoms with E-state index in [4.69, 9.17) is 15.6 Å². The lowest BCUT2D eigenvalue weighted by Crippen LogP contribution is -2.43. The van der Waals surface area contributed by atoms with Crippen molar-refractivity contribution in [2.45, 2.75) is 33.2 Å². The van der Waals surface area contributed by atoms with E-state index in [2.05, 4.69) is 4.98 Å². The number of nitrogens with two attached hydrogens (primary N) is 1. The molecule has 140 valence electrons. The molecule has 0 unspecified atom stereocenters. The molecular weight excluding hydrogens is 332 g/mol. The molecule has 0 saturated heterocycles. The molecule has 0 radical (unpaired) electrons. The molecule has 1 aromatic rings. The van der Waals surface area contributed by atoms with Crippen LogP contribution in [0.3, 0.4) is 0 Å². The first-order valence-electron chi connectivity index (χ1n) is 7.82. The van der Waals surface area contributed by atoms with Gasteiger partial charge in [0.2, 0.25) is 5.91 Å². The van der Waals surface area contributed by atoms with E-state index in [1.807, 2.05) is 13.8 Å². The average molecular weight is 356 g/mol. The fourth-order valence-electron chi connectivity index (χ4n) is 2.28. The minimum Gasteiger partial charge on any atom is -0.481 e. The molecule has 4 N–H and O–H groups in total. The number of carbonyl (C=O) groups excluding carboxylic acids is 1. The molecule has 0 aliphatic carbocycles. The van der Waals surface area contributed by atoms with Crippen molar-refractivity contribution in [1.29, 1.82) is 0 Å². The predicted octanol–water partition coefficient (Wildman–Crippen LogP) is -0.381. The van der Waals surface area contributed by atoms with Crippen LogP contribution >= 0.6 is 0 Å². The molecular formula is C15H24N4O6. The number of carboxylic acids is 1. The van der Waals surface area contributed by atoms with Crippen molar-refractivity contribution in [3.8, 4) is 0 Å². The van der Waals surface area contributed by atoms with Crippen molar-refractivity contribution in [3.63, 3.8) is 0 Å². The number of aromatic nitrogens is 2. The molecule has 0 saturated carbocycles. The quantitative estimate of drug-likeness (QED) is 0.546. The second-order valence-corrected chi connectivity index (χ2v) is 5.93. The van der Waals surface area contributed by atoms with Gasteiger partial charge >= 0.3 is 11.7 Å². The third-order valence-corrected chi connectivity index (χ3v) is 3.40. The average Bonchev–Trinajstić information content (AvgIpc) is 2.51.